The molecule has 3 N–H and O–H groups in total. The van der Waals surface area contributed by atoms with E-state index in [0.717, 1.165) is 22.0 Å². The van der Waals surface area contributed by atoms with E-state index < -0.39 is 29.3 Å². The second-order valence-electron chi connectivity index (χ2n) is 6.37. The van der Waals surface area contributed by atoms with Crippen LogP contribution in [0.2, 0.25) is 0 Å². The Kier molecular flexibility index (Phi) is 4.82. The molecule has 0 atom stereocenters. The molecule has 4 rings (SSSR count). The van der Waals surface area contributed by atoms with Crippen LogP contribution in [-0.2, 0) is 6.18 Å². The Bertz CT molecular complexity index is 1220. The first-order chi connectivity index (χ1) is 14.3. The topological polar surface area (TPSA) is 82.7 Å². The van der Waals surface area contributed by atoms with Crippen molar-refractivity contribution in [1.82, 2.24) is 15.2 Å². The molecule has 30 heavy (non-hydrogen) atoms. The van der Waals surface area contributed by atoms with Crippen molar-refractivity contribution in [2.24, 2.45) is 0 Å². The van der Waals surface area contributed by atoms with E-state index in [0.29, 0.717) is 23.9 Å². The van der Waals surface area contributed by atoms with E-state index in [1.54, 1.807) is 42.9 Å². The number of hydrogen-bond donors (Lipinski definition) is 3. The van der Waals surface area contributed by atoms with Crippen molar-refractivity contribution in [3.8, 4) is 11.1 Å². The number of H-pyrrole nitrogens is 1. The molecule has 2 amide bonds. The van der Waals surface area contributed by atoms with Gasteiger partial charge in [0.2, 0.25) is 0 Å². The number of amides is 2. The minimum Gasteiger partial charge on any atom is -0.308 e. The number of urea groups is 1. The lowest BCUT2D eigenvalue weighted by molar-refractivity contribution is -0.137. The van der Waals surface area contributed by atoms with Gasteiger partial charge in [0, 0.05) is 22.8 Å². The molecule has 2 aromatic carbocycles. The van der Waals surface area contributed by atoms with Gasteiger partial charge >= 0.3 is 12.2 Å². The van der Waals surface area contributed by atoms with E-state index >= 15 is 0 Å². The zero-order valence-corrected chi connectivity index (χ0v) is 15.1. The second kappa shape index (κ2) is 7.47. The highest BCUT2D eigenvalue weighted by molar-refractivity contribution is 6.00. The Morgan fingerprint density at radius 1 is 0.967 bits per heavy atom. The minimum atomic E-state index is -4.65. The first-order valence-corrected chi connectivity index (χ1v) is 8.63. The summed E-state index contributed by atoms with van der Waals surface area (Å²) in [5, 5.41) is 12.2. The van der Waals surface area contributed by atoms with Crippen LogP contribution in [0.4, 0.5) is 33.7 Å². The van der Waals surface area contributed by atoms with Crippen LogP contribution in [0.15, 0.2) is 61.1 Å². The number of carbonyl (C=O) groups excluding carboxylic acids is 1. The quantitative estimate of drug-likeness (QED) is 0.391. The van der Waals surface area contributed by atoms with Crippen molar-refractivity contribution < 1.29 is 22.4 Å². The van der Waals surface area contributed by atoms with Gasteiger partial charge < -0.3 is 10.6 Å². The summed E-state index contributed by atoms with van der Waals surface area (Å²) in [5.74, 6) is -0.978. The molecule has 2 heterocycles. The maximum atomic E-state index is 13.8. The smallest absolute Gasteiger partial charge is 0.308 e. The van der Waals surface area contributed by atoms with Gasteiger partial charge in [0.1, 0.15) is 5.82 Å². The molecule has 4 aromatic rings. The van der Waals surface area contributed by atoms with E-state index in [2.05, 4.69) is 25.8 Å². The number of nitrogens with one attached hydrogen (secondary N) is 3. The van der Waals surface area contributed by atoms with Gasteiger partial charge in [-0.2, -0.15) is 18.3 Å². The van der Waals surface area contributed by atoms with Crippen LogP contribution in [-0.4, -0.2) is 21.2 Å². The third kappa shape index (κ3) is 3.93. The molecule has 0 saturated carbocycles. The summed E-state index contributed by atoms with van der Waals surface area (Å²) in [6, 6.07) is 7.61. The molecule has 0 unspecified atom stereocenters. The Morgan fingerprint density at radius 3 is 2.47 bits per heavy atom. The maximum Gasteiger partial charge on any atom is 0.416 e. The van der Waals surface area contributed by atoms with Gasteiger partial charge in [-0.05, 0) is 35.9 Å². The number of rotatable bonds is 3. The lowest BCUT2D eigenvalue weighted by atomic mass is 10.0. The summed E-state index contributed by atoms with van der Waals surface area (Å²) < 4.78 is 52.1. The highest BCUT2D eigenvalue weighted by Crippen LogP contribution is 2.32. The molecule has 0 aliphatic rings. The van der Waals surface area contributed by atoms with Crippen molar-refractivity contribution in [3.05, 3.63) is 72.4 Å². The number of carbonyl (C=O) groups is 1. The van der Waals surface area contributed by atoms with Crippen LogP contribution in [0.25, 0.3) is 22.0 Å². The number of benzene rings is 2. The van der Waals surface area contributed by atoms with Crippen molar-refractivity contribution in [1.29, 1.82) is 0 Å². The number of anilines is 2. The molecule has 0 aliphatic heterocycles. The van der Waals surface area contributed by atoms with Crippen LogP contribution >= 0.6 is 0 Å². The fourth-order valence-electron chi connectivity index (χ4n) is 2.91. The number of halogens is 4. The summed E-state index contributed by atoms with van der Waals surface area (Å²) in [7, 11) is 0. The van der Waals surface area contributed by atoms with E-state index in [4.69, 9.17) is 0 Å². The molecule has 0 spiro atoms. The first-order valence-electron chi connectivity index (χ1n) is 8.63. The predicted octanol–water partition coefficient (Wildman–Crippen LogP) is 5.43. The molecular weight excluding hydrogens is 402 g/mol. The van der Waals surface area contributed by atoms with Gasteiger partial charge in [-0.15, -0.1) is 0 Å². The zero-order chi connectivity index (χ0) is 21.3. The predicted molar refractivity (Wildman–Crippen MR) is 103 cm³/mol. The zero-order valence-electron chi connectivity index (χ0n) is 15.1. The lowest BCUT2D eigenvalue weighted by Gasteiger charge is -2.12. The van der Waals surface area contributed by atoms with E-state index in [1.807, 2.05) is 0 Å². The Morgan fingerprint density at radius 2 is 1.73 bits per heavy atom. The second-order valence-corrected chi connectivity index (χ2v) is 6.37. The van der Waals surface area contributed by atoms with Gasteiger partial charge in [0.25, 0.3) is 0 Å². The van der Waals surface area contributed by atoms with Crippen molar-refractivity contribution in [2.45, 2.75) is 6.18 Å². The molecule has 0 bridgehead atoms. The van der Waals surface area contributed by atoms with Crippen molar-refractivity contribution >= 4 is 28.3 Å². The standard InChI is InChI=1S/C20H13F4N5O/c21-16-6-3-12(20(22,23)24)7-17(16)28-19(30)27-13-4-1-11(2-5-13)14-8-25-10-18-15(14)9-26-29-18/h1-10H,(H,26,29)(H2,27,28,30). The van der Waals surface area contributed by atoms with Crippen molar-refractivity contribution in [3.63, 3.8) is 0 Å². The number of aromatic nitrogens is 3. The third-order valence-corrected chi connectivity index (χ3v) is 4.36. The van der Waals surface area contributed by atoms with Gasteiger partial charge in [0.05, 0.1) is 29.2 Å². The van der Waals surface area contributed by atoms with Crippen LogP contribution in [0.3, 0.4) is 0 Å². The Balaban J connectivity index is 1.49. The molecule has 0 radical (unpaired) electrons. The minimum absolute atomic E-state index is 0.371. The average molecular weight is 415 g/mol. The number of nitrogens with zero attached hydrogens (tertiary/aromatic N) is 2. The van der Waals surface area contributed by atoms with Gasteiger partial charge in [-0.1, -0.05) is 12.1 Å². The highest BCUT2D eigenvalue weighted by Gasteiger charge is 2.31. The molecule has 0 fully saturated rings. The average Bonchev–Trinajstić information content (AvgIpc) is 3.18. The molecular formula is C20H13F4N5O. The monoisotopic (exact) mass is 415 g/mol. The van der Waals surface area contributed by atoms with Gasteiger partial charge in [-0.3, -0.25) is 10.1 Å². The molecule has 0 saturated heterocycles. The first kappa shape index (κ1) is 19.4. The molecule has 10 heteroatoms. The number of fused-ring (bicyclic) bond motifs is 1. The summed E-state index contributed by atoms with van der Waals surface area (Å²) >= 11 is 0. The van der Waals surface area contributed by atoms with E-state index in [1.165, 1.54) is 0 Å². The largest absolute Gasteiger partial charge is 0.416 e. The number of hydrogen-bond acceptors (Lipinski definition) is 3. The SMILES string of the molecule is O=C(Nc1ccc(-c2cncc3[nH]ncc23)cc1)Nc1cc(C(F)(F)F)ccc1F. The third-order valence-electron chi connectivity index (χ3n) is 4.36. The molecule has 0 aliphatic carbocycles. The summed E-state index contributed by atoms with van der Waals surface area (Å²) in [6.07, 6.45) is 0.362. The van der Waals surface area contributed by atoms with Crippen molar-refractivity contribution in [2.75, 3.05) is 10.6 Å². The normalized spacial score (nSPS) is 11.5. The molecule has 6 nitrogen and oxygen atoms in total. The number of aromatic amines is 1. The van der Waals surface area contributed by atoms with Crippen LogP contribution in [0.1, 0.15) is 5.56 Å². The Labute approximate surface area is 166 Å². The Hall–Kier alpha value is -3.95. The fourth-order valence-corrected chi connectivity index (χ4v) is 2.91. The number of pyridine rings is 1. The summed E-state index contributed by atoms with van der Waals surface area (Å²) in [6.45, 7) is 0. The van der Waals surface area contributed by atoms with Gasteiger partial charge in [0.15, 0.2) is 0 Å². The van der Waals surface area contributed by atoms with E-state index in [-0.39, 0.29) is 0 Å². The lowest BCUT2D eigenvalue weighted by Crippen LogP contribution is -2.20. The van der Waals surface area contributed by atoms with Crippen LogP contribution in [0.5, 0.6) is 0 Å². The van der Waals surface area contributed by atoms with E-state index in [9.17, 15) is 22.4 Å². The number of alkyl halides is 3. The fraction of sp³-hybridized carbons (Fsp3) is 0.0500. The van der Waals surface area contributed by atoms with Gasteiger partial charge in [-0.25, -0.2) is 9.18 Å². The maximum absolute atomic E-state index is 13.8. The molecule has 152 valence electrons. The molecule has 2 aromatic heterocycles. The summed E-state index contributed by atoms with van der Waals surface area (Å²) in [4.78, 5) is 16.2. The highest BCUT2D eigenvalue weighted by atomic mass is 19.4. The summed E-state index contributed by atoms with van der Waals surface area (Å²) in [5.41, 5.74) is 1.17. The van der Waals surface area contributed by atoms with Crippen LogP contribution in [0, 0.1) is 5.82 Å². The van der Waals surface area contributed by atoms with Crippen LogP contribution < -0.4 is 10.6 Å².